The van der Waals surface area contributed by atoms with Crippen molar-refractivity contribution in [3.8, 4) is 0 Å². The van der Waals surface area contributed by atoms with E-state index >= 15 is 0 Å². The number of nitrogens with one attached hydrogen (secondary N) is 2. The minimum Gasteiger partial charge on any atom is -0.351 e. The molecule has 1 rings (SSSR count). The standard InChI is InChI=1S/C12H23N3O/c1-4-6-13-12(16)10(2)14-8-11-5-7-15(3)9-11/h4,10-11,14H,1,5-9H2,2-3H3,(H,13,16). The molecule has 2 N–H and O–H groups in total. The SMILES string of the molecule is C=CCNC(=O)C(C)NCC1CCN(C)C1. The van der Waals surface area contributed by atoms with Crippen molar-refractivity contribution in [1.29, 1.82) is 0 Å². The molecule has 0 radical (unpaired) electrons. The molecule has 1 heterocycles. The molecule has 0 aliphatic carbocycles. The second-order valence-electron chi connectivity index (χ2n) is 4.58. The van der Waals surface area contributed by atoms with Gasteiger partial charge in [0.15, 0.2) is 0 Å². The summed E-state index contributed by atoms with van der Waals surface area (Å²) in [4.78, 5) is 13.9. The highest BCUT2D eigenvalue weighted by Crippen LogP contribution is 2.12. The van der Waals surface area contributed by atoms with E-state index in [1.54, 1.807) is 6.08 Å². The van der Waals surface area contributed by atoms with E-state index in [4.69, 9.17) is 0 Å². The van der Waals surface area contributed by atoms with Gasteiger partial charge >= 0.3 is 0 Å². The summed E-state index contributed by atoms with van der Waals surface area (Å²) in [6.07, 6.45) is 2.92. The van der Waals surface area contributed by atoms with Crippen molar-refractivity contribution in [3.63, 3.8) is 0 Å². The molecule has 4 heteroatoms. The molecular weight excluding hydrogens is 202 g/mol. The predicted octanol–water partition coefficient (Wildman–Crippen LogP) is 0.218. The zero-order valence-electron chi connectivity index (χ0n) is 10.3. The summed E-state index contributed by atoms with van der Waals surface area (Å²) in [7, 11) is 2.14. The molecule has 4 nitrogen and oxygen atoms in total. The molecule has 1 saturated heterocycles. The number of hydrogen-bond donors (Lipinski definition) is 2. The van der Waals surface area contributed by atoms with Crippen LogP contribution < -0.4 is 10.6 Å². The lowest BCUT2D eigenvalue weighted by atomic mass is 10.1. The number of hydrogen-bond acceptors (Lipinski definition) is 3. The van der Waals surface area contributed by atoms with Crippen LogP contribution in [0.25, 0.3) is 0 Å². The van der Waals surface area contributed by atoms with Gasteiger partial charge < -0.3 is 15.5 Å². The quantitative estimate of drug-likeness (QED) is 0.636. The van der Waals surface area contributed by atoms with Gasteiger partial charge in [0.05, 0.1) is 6.04 Å². The smallest absolute Gasteiger partial charge is 0.237 e. The molecule has 0 spiro atoms. The molecule has 0 saturated carbocycles. The molecule has 0 bridgehead atoms. The maximum Gasteiger partial charge on any atom is 0.237 e. The van der Waals surface area contributed by atoms with Crippen LogP contribution in [0.2, 0.25) is 0 Å². The molecule has 2 atom stereocenters. The van der Waals surface area contributed by atoms with Gasteiger partial charge in [0.1, 0.15) is 0 Å². The third kappa shape index (κ3) is 4.33. The zero-order chi connectivity index (χ0) is 12.0. The Bertz CT molecular complexity index is 242. The van der Waals surface area contributed by atoms with E-state index in [-0.39, 0.29) is 11.9 Å². The Labute approximate surface area is 98.1 Å². The first kappa shape index (κ1) is 13.2. The summed E-state index contributed by atoms with van der Waals surface area (Å²) in [5.74, 6) is 0.728. The topological polar surface area (TPSA) is 44.4 Å². The first-order chi connectivity index (χ1) is 7.63. The van der Waals surface area contributed by atoms with E-state index in [9.17, 15) is 4.79 Å². The van der Waals surface area contributed by atoms with Gasteiger partial charge in [-0.05, 0) is 39.4 Å². The Kier molecular flexibility index (Phi) is 5.49. The Balaban J connectivity index is 2.16. The summed E-state index contributed by atoms with van der Waals surface area (Å²) in [6, 6.07) is -0.120. The molecule has 0 aromatic heterocycles. The van der Waals surface area contributed by atoms with Crippen LogP contribution >= 0.6 is 0 Å². The van der Waals surface area contributed by atoms with Gasteiger partial charge in [-0.25, -0.2) is 0 Å². The first-order valence-corrected chi connectivity index (χ1v) is 5.94. The van der Waals surface area contributed by atoms with Crippen molar-refractivity contribution >= 4 is 5.91 Å². The minimum absolute atomic E-state index is 0.0475. The summed E-state index contributed by atoms with van der Waals surface area (Å²) in [6.45, 7) is 9.23. The van der Waals surface area contributed by atoms with Crippen LogP contribution in [0.4, 0.5) is 0 Å². The van der Waals surface area contributed by atoms with Crippen LogP contribution in [0.3, 0.4) is 0 Å². The summed E-state index contributed by atoms with van der Waals surface area (Å²) >= 11 is 0. The van der Waals surface area contributed by atoms with Crippen molar-refractivity contribution in [2.45, 2.75) is 19.4 Å². The van der Waals surface area contributed by atoms with Crippen LogP contribution in [-0.2, 0) is 4.79 Å². The normalized spacial score (nSPS) is 23.0. The van der Waals surface area contributed by atoms with Crippen LogP contribution in [0, 0.1) is 5.92 Å². The van der Waals surface area contributed by atoms with Crippen LogP contribution in [-0.4, -0.2) is 50.1 Å². The monoisotopic (exact) mass is 225 g/mol. The lowest BCUT2D eigenvalue weighted by Crippen LogP contribution is -2.44. The fourth-order valence-corrected chi connectivity index (χ4v) is 1.95. The molecule has 1 amide bonds. The van der Waals surface area contributed by atoms with Gasteiger partial charge in [-0.15, -0.1) is 6.58 Å². The highest BCUT2D eigenvalue weighted by molar-refractivity contribution is 5.81. The van der Waals surface area contributed by atoms with Crippen LogP contribution in [0.5, 0.6) is 0 Å². The summed E-state index contributed by atoms with van der Waals surface area (Å²) < 4.78 is 0. The maximum absolute atomic E-state index is 11.5. The first-order valence-electron chi connectivity index (χ1n) is 5.94. The van der Waals surface area contributed by atoms with Crippen molar-refractivity contribution in [2.75, 3.05) is 33.2 Å². The molecule has 1 fully saturated rings. The fraction of sp³-hybridized carbons (Fsp3) is 0.750. The molecular formula is C12H23N3O. The van der Waals surface area contributed by atoms with Gasteiger partial charge in [0.2, 0.25) is 5.91 Å². The largest absolute Gasteiger partial charge is 0.351 e. The predicted molar refractivity (Wildman–Crippen MR) is 66.3 cm³/mol. The van der Waals surface area contributed by atoms with E-state index in [2.05, 4.69) is 29.2 Å². The molecule has 1 aliphatic rings. The average Bonchev–Trinajstić information content (AvgIpc) is 2.68. The molecule has 0 aromatic carbocycles. The minimum atomic E-state index is -0.120. The van der Waals surface area contributed by atoms with Gasteiger partial charge in [0, 0.05) is 13.1 Å². The lowest BCUT2D eigenvalue weighted by molar-refractivity contribution is -0.122. The molecule has 16 heavy (non-hydrogen) atoms. The molecule has 2 unspecified atom stereocenters. The van der Waals surface area contributed by atoms with E-state index in [0.717, 1.165) is 13.1 Å². The molecule has 92 valence electrons. The third-order valence-electron chi connectivity index (χ3n) is 3.02. The summed E-state index contributed by atoms with van der Waals surface area (Å²) in [5.41, 5.74) is 0. The van der Waals surface area contributed by atoms with Crippen molar-refractivity contribution < 1.29 is 4.79 Å². The number of rotatable bonds is 6. The molecule has 0 aromatic rings. The number of nitrogens with zero attached hydrogens (tertiary/aromatic N) is 1. The van der Waals surface area contributed by atoms with E-state index in [0.29, 0.717) is 12.5 Å². The highest BCUT2D eigenvalue weighted by atomic mass is 16.2. The molecule has 1 aliphatic heterocycles. The second-order valence-corrected chi connectivity index (χ2v) is 4.58. The van der Waals surface area contributed by atoms with Crippen molar-refractivity contribution in [2.24, 2.45) is 5.92 Å². The average molecular weight is 225 g/mol. The Morgan fingerprint density at radius 3 is 3.00 bits per heavy atom. The number of carbonyl (C=O) groups is 1. The van der Waals surface area contributed by atoms with E-state index in [1.165, 1.54) is 13.0 Å². The number of likely N-dealkylation sites (tertiary alicyclic amines) is 1. The van der Waals surface area contributed by atoms with Gasteiger partial charge in [-0.3, -0.25) is 4.79 Å². The van der Waals surface area contributed by atoms with E-state index in [1.807, 2.05) is 6.92 Å². The van der Waals surface area contributed by atoms with Crippen LogP contribution in [0.1, 0.15) is 13.3 Å². The second kappa shape index (κ2) is 6.66. The fourth-order valence-electron chi connectivity index (χ4n) is 1.95. The van der Waals surface area contributed by atoms with Gasteiger partial charge in [-0.1, -0.05) is 6.08 Å². The highest BCUT2D eigenvalue weighted by Gasteiger charge is 2.20. The summed E-state index contributed by atoms with van der Waals surface area (Å²) in [5, 5.41) is 6.07. The number of amides is 1. The van der Waals surface area contributed by atoms with Crippen molar-refractivity contribution in [3.05, 3.63) is 12.7 Å². The lowest BCUT2D eigenvalue weighted by Gasteiger charge is -2.16. The maximum atomic E-state index is 11.5. The number of carbonyl (C=O) groups excluding carboxylic acids is 1. The Morgan fingerprint density at radius 1 is 1.69 bits per heavy atom. The Morgan fingerprint density at radius 2 is 2.44 bits per heavy atom. The van der Waals surface area contributed by atoms with E-state index < -0.39 is 0 Å². The van der Waals surface area contributed by atoms with Gasteiger partial charge in [-0.2, -0.15) is 0 Å². The zero-order valence-corrected chi connectivity index (χ0v) is 10.3. The Hall–Kier alpha value is -0.870. The third-order valence-corrected chi connectivity index (χ3v) is 3.02. The van der Waals surface area contributed by atoms with Crippen LogP contribution in [0.15, 0.2) is 12.7 Å². The van der Waals surface area contributed by atoms with Gasteiger partial charge in [0.25, 0.3) is 0 Å². The van der Waals surface area contributed by atoms with Crippen molar-refractivity contribution in [1.82, 2.24) is 15.5 Å².